The van der Waals surface area contributed by atoms with E-state index in [1.54, 1.807) is 6.07 Å². The topological polar surface area (TPSA) is 43.1 Å². The van der Waals surface area contributed by atoms with Gasteiger partial charge in [0, 0.05) is 21.3 Å². The number of nitro benzene ring substituents is 1. The molecule has 1 heterocycles. The molecule has 0 unspecified atom stereocenters. The van der Waals surface area contributed by atoms with E-state index in [4.69, 9.17) is 11.6 Å². The predicted molar refractivity (Wildman–Crippen MR) is 61.2 cm³/mol. The van der Waals surface area contributed by atoms with Gasteiger partial charge in [0.05, 0.1) is 9.62 Å². The second-order valence-electron chi connectivity index (χ2n) is 2.62. The second kappa shape index (κ2) is 3.49. The Bertz CT molecular complexity index is 525. The van der Waals surface area contributed by atoms with E-state index in [1.165, 1.54) is 17.4 Å². The van der Waals surface area contributed by atoms with Gasteiger partial charge in [0.15, 0.2) is 0 Å². The number of hydrogen-bond donors (Lipinski definition) is 0. The molecule has 0 spiro atoms. The summed E-state index contributed by atoms with van der Waals surface area (Å²) in [5.74, 6) is 0. The molecule has 2 rings (SSSR count). The van der Waals surface area contributed by atoms with Gasteiger partial charge in [0.25, 0.3) is 5.69 Å². The van der Waals surface area contributed by atoms with Crippen molar-refractivity contribution in [1.29, 1.82) is 0 Å². The molecule has 1 aromatic carbocycles. The molecule has 0 saturated heterocycles. The number of fused-ring (bicyclic) bond motifs is 1. The Morgan fingerprint density at radius 2 is 2.21 bits per heavy atom. The summed E-state index contributed by atoms with van der Waals surface area (Å²) >= 11 is 10.6. The third-order valence-corrected chi connectivity index (χ3v) is 4.28. The first-order valence-corrected chi connectivity index (χ1v) is 5.66. The Morgan fingerprint density at radius 1 is 1.50 bits per heavy atom. The Kier molecular flexibility index (Phi) is 2.47. The van der Waals surface area contributed by atoms with E-state index in [1.807, 2.05) is 5.38 Å². The molecule has 0 bridgehead atoms. The van der Waals surface area contributed by atoms with Crippen LogP contribution in [0.15, 0.2) is 22.0 Å². The lowest BCUT2D eigenvalue weighted by Gasteiger charge is -1.96. The number of nitrogens with zero attached hydrogens (tertiary/aromatic N) is 1. The molecule has 0 atom stereocenters. The molecule has 6 heteroatoms. The van der Waals surface area contributed by atoms with Crippen LogP contribution in [0.3, 0.4) is 0 Å². The zero-order valence-electron chi connectivity index (χ0n) is 6.66. The summed E-state index contributed by atoms with van der Waals surface area (Å²) in [7, 11) is 0. The standard InChI is InChI=1S/C8H3BrClNO2S/c9-5-3-14-8-4(5)1-2-6(7(8)10)11(12)13/h1-3H. The number of benzene rings is 1. The molecule has 0 fully saturated rings. The van der Waals surface area contributed by atoms with Crippen LogP contribution in [0, 0.1) is 10.1 Å². The Balaban J connectivity index is 2.82. The van der Waals surface area contributed by atoms with Gasteiger partial charge >= 0.3 is 0 Å². The second-order valence-corrected chi connectivity index (χ2v) is 4.73. The molecule has 72 valence electrons. The number of rotatable bonds is 1. The van der Waals surface area contributed by atoms with Crippen molar-refractivity contribution < 1.29 is 4.92 Å². The monoisotopic (exact) mass is 291 g/mol. The fourth-order valence-electron chi connectivity index (χ4n) is 1.16. The van der Waals surface area contributed by atoms with Crippen LogP contribution >= 0.6 is 38.9 Å². The lowest BCUT2D eigenvalue weighted by molar-refractivity contribution is -0.384. The minimum absolute atomic E-state index is 0.0477. The van der Waals surface area contributed by atoms with Gasteiger partial charge in [-0.3, -0.25) is 10.1 Å². The summed E-state index contributed by atoms with van der Waals surface area (Å²) < 4.78 is 1.65. The van der Waals surface area contributed by atoms with Crippen LogP contribution in [-0.4, -0.2) is 4.92 Å². The van der Waals surface area contributed by atoms with Gasteiger partial charge in [-0.1, -0.05) is 11.6 Å². The summed E-state index contributed by atoms with van der Waals surface area (Å²) in [6.45, 7) is 0. The highest BCUT2D eigenvalue weighted by atomic mass is 79.9. The van der Waals surface area contributed by atoms with Gasteiger partial charge in [-0.15, -0.1) is 11.3 Å². The Hall–Kier alpha value is -0.650. The molecule has 14 heavy (non-hydrogen) atoms. The molecular weight excluding hydrogens is 290 g/mol. The fraction of sp³-hybridized carbons (Fsp3) is 0. The van der Waals surface area contributed by atoms with Crippen LogP contribution in [0.2, 0.25) is 5.02 Å². The molecular formula is C8H3BrClNO2S. The SMILES string of the molecule is O=[N+]([O-])c1ccc2c(Br)csc2c1Cl. The number of halogens is 2. The van der Waals surface area contributed by atoms with Crippen molar-refractivity contribution >= 4 is 54.6 Å². The number of hydrogen-bond acceptors (Lipinski definition) is 3. The molecule has 0 amide bonds. The van der Waals surface area contributed by atoms with Crippen LogP contribution in [0.1, 0.15) is 0 Å². The quantitative estimate of drug-likeness (QED) is 0.583. The van der Waals surface area contributed by atoms with Gasteiger partial charge in [-0.2, -0.15) is 0 Å². The van der Waals surface area contributed by atoms with Crippen molar-refractivity contribution in [3.8, 4) is 0 Å². The summed E-state index contributed by atoms with van der Waals surface area (Å²) in [4.78, 5) is 10.1. The van der Waals surface area contributed by atoms with E-state index in [0.29, 0.717) is 0 Å². The molecule has 2 aromatic rings. The number of thiophene rings is 1. The fourth-order valence-corrected chi connectivity index (χ4v) is 3.13. The first-order chi connectivity index (χ1) is 6.61. The largest absolute Gasteiger partial charge is 0.289 e. The van der Waals surface area contributed by atoms with E-state index in [9.17, 15) is 10.1 Å². The average Bonchev–Trinajstić information content (AvgIpc) is 2.49. The summed E-state index contributed by atoms with van der Waals surface area (Å²) in [5.41, 5.74) is -0.0477. The van der Waals surface area contributed by atoms with Crippen molar-refractivity contribution in [2.45, 2.75) is 0 Å². The molecule has 0 N–H and O–H groups in total. The summed E-state index contributed by atoms with van der Waals surface area (Å²) in [6, 6.07) is 3.11. The van der Waals surface area contributed by atoms with Crippen molar-refractivity contribution in [2.75, 3.05) is 0 Å². The van der Waals surface area contributed by atoms with E-state index >= 15 is 0 Å². The maximum absolute atomic E-state index is 10.6. The third kappa shape index (κ3) is 1.41. The summed E-state index contributed by atoms with van der Waals surface area (Å²) in [5, 5.41) is 13.6. The zero-order chi connectivity index (χ0) is 10.3. The molecule has 1 aromatic heterocycles. The highest BCUT2D eigenvalue weighted by Gasteiger charge is 2.16. The first kappa shape index (κ1) is 9.89. The normalized spacial score (nSPS) is 10.7. The molecule has 0 aliphatic rings. The molecule has 0 aliphatic carbocycles. The highest BCUT2D eigenvalue weighted by Crippen LogP contribution is 2.39. The lowest BCUT2D eigenvalue weighted by Crippen LogP contribution is -1.88. The maximum atomic E-state index is 10.6. The molecule has 0 radical (unpaired) electrons. The minimum atomic E-state index is -0.477. The maximum Gasteiger partial charge on any atom is 0.289 e. The Labute approximate surface area is 96.6 Å². The van der Waals surface area contributed by atoms with Crippen LogP contribution in [0.4, 0.5) is 5.69 Å². The van der Waals surface area contributed by atoms with Crippen molar-refractivity contribution in [1.82, 2.24) is 0 Å². The van der Waals surface area contributed by atoms with Gasteiger partial charge in [0.1, 0.15) is 5.02 Å². The van der Waals surface area contributed by atoms with Crippen molar-refractivity contribution in [2.24, 2.45) is 0 Å². The highest BCUT2D eigenvalue weighted by molar-refractivity contribution is 9.10. The van der Waals surface area contributed by atoms with Gasteiger partial charge < -0.3 is 0 Å². The van der Waals surface area contributed by atoms with Gasteiger partial charge in [0.2, 0.25) is 0 Å². The predicted octanol–water partition coefficient (Wildman–Crippen LogP) is 4.23. The smallest absolute Gasteiger partial charge is 0.258 e. The van der Waals surface area contributed by atoms with Crippen LogP contribution in [0.25, 0.3) is 10.1 Å². The van der Waals surface area contributed by atoms with Crippen LogP contribution < -0.4 is 0 Å². The van der Waals surface area contributed by atoms with Crippen molar-refractivity contribution in [3.63, 3.8) is 0 Å². The molecule has 0 aliphatic heterocycles. The molecule has 3 nitrogen and oxygen atoms in total. The van der Waals surface area contributed by atoms with Crippen LogP contribution in [0.5, 0.6) is 0 Å². The van der Waals surface area contributed by atoms with Gasteiger partial charge in [-0.25, -0.2) is 0 Å². The number of nitro groups is 1. The first-order valence-electron chi connectivity index (χ1n) is 3.61. The van der Waals surface area contributed by atoms with E-state index < -0.39 is 4.92 Å². The zero-order valence-corrected chi connectivity index (χ0v) is 9.82. The molecule has 0 saturated carbocycles. The van der Waals surface area contributed by atoms with Crippen molar-refractivity contribution in [3.05, 3.63) is 37.1 Å². The minimum Gasteiger partial charge on any atom is -0.258 e. The average molecular weight is 293 g/mol. The van der Waals surface area contributed by atoms with E-state index in [-0.39, 0.29) is 10.7 Å². The van der Waals surface area contributed by atoms with Gasteiger partial charge in [-0.05, 0) is 22.0 Å². The third-order valence-electron chi connectivity index (χ3n) is 1.81. The summed E-state index contributed by atoms with van der Waals surface area (Å²) in [6.07, 6.45) is 0. The van der Waals surface area contributed by atoms with E-state index in [0.717, 1.165) is 14.6 Å². The van der Waals surface area contributed by atoms with E-state index in [2.05, 4.69) is 15.9 Å². The van der Waals surface area contributed by atoms with Crippen LogP contribution in [-0.2, 0) is 0 Å². The Morgan fingerprint density at radius 3 is 2.86 bits per heavy atom. The lowest BCUT2D eigenvalue weighted by atomic mass is 10.2.